The van der Waals surface area contributed by atoms with E-state index >= 15 is 0 Å². The van der Waals surface area contributed by atoms with Crippen molar-refractivity contribution in [1.82, 2.24) is 0 Å². The van der Waals surface area contributed by atoms with E-state index < -0.39 is 16.8 Å². The first-order chi connectivity index (χ1) is 5.34. The molecule has 12 heavy (non-hydrogen) atoms. The number of thiol groups is 1. The summed E-state index contributed by atoms with van der Waals surface area (Å²) in [4.78, 5) is 10.7. The maximum Gasteiger partial charge on any atom is 0.324 e. The van der Waals surface area contributed by atoms with Crippen LogP contribution in [0.1, 0.15) is 20.3 Å². The lowest BCUT2D eigenvalue weighted by molar-refractivity contribution is -0.142. The van der Waals surface area contributed by atoms with Crippen LogP contribution in [0.25, 0.3) is 0 Å². The van der Waals surface area contributed by atoms with E-state index in [1.165, 1.54) is 6.92 Å². The molecule has 0 aliphatic heterocycles. The van der Waals surface area contributed by atoms with Crippen LogP contribution in [-0.4, -0.2) is 27.9 Å². The Morgan fingerprint density at radius 2 is 2.17 bits per heavy atom. The second-order valence-corrected chi connectivity index (χ2v) is 3.66. The van der Waals surface area contributed by atoms with Gasteiger partial charge in [0.2, 0.25) is 0 Å². The van der Waals surface area contributed by atoms with Gasteiger partial charge in [0.25, 0.3) is 0 Å². The zero-order valence-corrected chi connectivity index (χ0v) is 8.21. The summed E-state index contributed by atoms with van der Waals surface area (Å²) in [5.74, 6) is -1.08. The van der Waals surface area contributed by atoms with Crippen molar-refractivity contribution in [2.75, 3.05) is 0 Å². The van der Waals surface area contributed by atoms with Crippen molar-refractivity contribution in [2.24, 2.45) is 11.5 Å². The van der Waals surface area contributed by atoms with E-state index in [-0.39, 0.29) is 6.04 Å². The van der Waals surface area contributed by atoms with Crippen molar-refractivity contribution in [3.8, 4) is 0 Å². The Kier molecular flexibility index (Phi) is 4.02. The molecule has 0 rings (SSSR count). The van der Waals surface area contributed by atoms with Crippen LogP contribution < -0.4 is 11.5 Å². The van der Waals surface area contributed by atoms with E-state index in [4.69, 9.17) is 16.6 Å². The first-order valence-corrected chi connectivity index (χ1v) is 4.31. The van der Waals surface area contributed by atoms with E-state index in [9.17, 15) is 4.79 Å². The Morgan fingerprint density at radius 3 is 2.42 bits per heavy atom. The van der Waals surface area contributed by atoms with Gasteiger partial charge in [0.15, 0.2) is 0 Å². The molecule has 0 amide bonds. The van der Waals surface area contributed by atoms with Crippen molar-refractivity contribution in [3.63, 3.8) is 0 Å². The predicted octanol–water partition coefficient (Wildman–Crippen LogP) is -0.176. The number of aliphatic carboxylic acids is 1. The molecule has 0 saturated carbocycles. The van der Waals surface area contributed by atoms with Crippen molar-refractivity contribution < 1.29 is 9.90 Å². The fourth-order valence-electron chi connectivity index (χ4n) is 0.794. The summed E-state index contributed by atoms with van der Waals surface area (Å²) in [6.07, 6.45) is 0.661. The molecule has 0 aromatic rings. The van der Waals surface area contributed by atoms with E-state index in [1.807, 2.05) is 6.92 Å². The molecule has 0 heterocycles. The molecule has 0 fully saturated rings. The summed E-state index contributed by atoms with van der Waals surface area (Å²) in [7, 11) is 0. The van der Waals surface area contributed by atoms with Crippen LogP contribution in [0.4, 0.5) is 0 Å². The molecule has 0 aliphatic rings. The van der Waals surface area contributed by atoms with Gasteiger partial charge in [-0.1, -0.05) is 6.92 Å². The highest BCUT2D eigenvalue weighted by atomic mass is 32.1. The van der Waals surface area contributed by atoms with E-state index in [1.54, 1.807) is 0 Å². The second kappa shape index (κ2) is 4.11. The van der Waals surface area contributed by atoms with E-state index in [0.29, 0.717) is 6.42 Å². The number of hydrogen-bond donors (Lipinski definition) is 4. The lowest BCUT2D eigenvalue weighted by atomic mass is 9.93. The van der Waals surface area contributed by atoms with Crippen molar-refractivity contribution >= 4 is 18.6 Å². The van der Waals surface area contributed by atoms with Gasteiger partial charge in [-0.3, -0.25) is 4.79 Å². The number of hydrogen-bond acceptors (Lipinski definition) is 4. The van der Waals surface area contributed by atoms with E-state index in [2.05, 4.69) is 12.6 Å². The Hall–Kier alpha value is -0.260. The van der Waals surface area contributed by atoms with E-state index in [0.717, 1.165) is 0 Å². The highest BCUT2D eigenvalue weighted by Gasteiger charge is 2.38. The smallest absolute Gasteiger partial charge is 0.324 e. The average Bonchev–Trinajstić information content (AvgIpc) is 2.01. The number of nitrogens with two attached hydrogens (primary N) is 2. The van der Waals surface area contributed by atoms with Crippen LogP contribution in [0.15, 0.2) is 0 Å². The normalized spacial score (nSPS) is 21.1. The van der Waals surface area contributed by atoms with Gasteiger partial charge < -0.3 is 16.6 Å². The summed E-state index contributed by atoms with van der Waals surface area (Å²) >= 11 is 4.09. The summed E-state index contributed by atoms with van der Waals surface area (Å²) in [5, 5.41) is 8.20. The fourth-order valence-corrected chi connectivity index (χ4v) is 1.12. The first-order valence-electron chi connectivity index (χ1n) is 3.80. The topological polar surface area (TPSA) is 89.3 Å². The number of rotatable bonds is 4. The lowest BCUT2D eigenvalue weighted by Crippen LogP contribution is -2.58. The third kappa shape index (κ3) is 2.36. The molecule has 0 saturated heterocycles. The van der Waals surface area contributed by atoms with Crippen LogP contribution in [0.3, 0.4) is 0 Å². The molecule has 3 atom stereocenters. The minimum Gasteiger partial charge on any atom is -0.480 e. The Morgan fingerprint density at radius 1 is 1.75 bits per heavy atom. The zero-order valence-electron chi connectivity index (χ0n) is 7.32. The number of carboxylic acids is 1. The average molecular weight is 192 g/mol. The molecule has 0 aliphatic carbocycles. The molecule has 0 bridgehead atoms. The molecule has 0 radical (unpaired) electrons. The van der Waals surface area contributed by atoms with Gasteiger partial charge >= 0.3 is 5.97 Å². The van der Waals surface area contributed by atoms with Crippen LogP contribution in [0.5, 0.6) is 0 Å². The number of carboxylic acid groups (broad SMARTS) is 1. The van der Waals surface area contributed by atoms with Crippen LogP contribution in [-0.2, 0) is 4.79 Å². The Labute approximate surface area is 77.7 Å². The monoisotopic (exact) mass is 192 g/mol. The molecular formula is C7H16N2O2S. The highest BCUT2D eigenvalue weighted by Crippen LogP contribution is 2.17. The molecule has 3 unspecified atom stereocenters. The quantitative estimate of drug-likeness (QED) is 0.465. The summed E-state index contributed by atoms with van der Waals surface area (Å²) < 4.78 is 0. The Balaban J connectivity index is 4.44. The minimum absolute atomic E-state index is 0.292. The largest absolute Gasteiger partial charge is 0.480 e. The molecule has 0 aromatic heterocycles. The molecule has 0 spiro atoms. The van der Waals surface area contributed by atoms with Gasteiger partial charge in [0, 0.05) is 11.3 Å². The Bertz CT molecular complexity index is 173. The predicted molar refractivity (Wildman–Crippen MR) is 51.3 cm³/mol. The second-order valence-electron chi connectivity index (χ2n) is 3.10. The van der Waals surface area contributed by atoms with Gasteiger partial charge in [-0.25, -0.2) is 0 Å². The molecule has 5 heteroatoms. The minimum atomic E-state index is -1.36. The third-order valence-electron chi connectivity index (χ3n) is 1.95. The summed E-state index contributed by atoms with van der Waals surface area (Å²) in [5.41, 5.74) is 9.78. The van der Waals surface area contributed by atoms with Crippen LogP contribution in [0.2, 0.25) is 0 Å². The van der Waals surface area contributed by atoms with Gasteiger partial charge in [0.05, 0.1) is 0 Å². The maximum absolute atomic E-state index is 10.7. The molecule has 0 aromatic carbocycles. The molecular weight excluding hydrogens is 176 g/mol. The van der Waals surface area contributed by atoms with Crippen molar-refractivity contribution in [1.29, 1.82) is 0 Å². The SMILES string of the molecule is CCC(N)C(S)C(C)(N)C(=O)O. The molecule has 72 valence electrons. The summed E-state index contributed by atoms with van der Waals surface area (Å²) in [6.45, 7) is 3.29. The first kappa shape index (κ1) is 11.7. The molecule has 5 N–H and O–H groups in total. The van der Waals surface area contributed by atoms with Gasteiger partial charge in [-0.15, -0.1) is 0 Å². The maximum atomic E-state index is 10.7. The summed E-state index contributed by atoms with van der Waals surface area (Å²) in [6, 6.07) is -0.292. The molecule has 4 nitrogen and oxygen atoms in total. The standard InChI is InChI=1S/C7H16N2O2S/c1-3-4(8)5(12)7(2,9)6(10)11/h4-5,12H,3,8-9H2,1-2H3,(H,10,11). The van der Waals surface area contributed by atoms with Crippen molar-refractivity contribution in [3.05, 3.63) is 0 Å². The zero-order chi connectivity index (χ0) is 9.94. The number of carbonyl (C=O) groups is 1. The van der Waals surface area contributed by atoms with Crippen LogP contribution >= 0.6 is 12.6 Å². The van der Waals surface area contributed by atoms with Crippen molar-refractivity contribution in [2.45, 2.75) is 37.1 Å². The van der Waals surface area contributed by atoms with Gasteiger partial charge in [-0.05, 0) is 13.3 Å². The van der Waals surface area contributed by atoms with Crippen LogP contribution in [0, 0.1) is 0 Å². The van der Waals surface area contributed by atoms with Gasteiger partial charge in [0.1, 0.15) is 5.54 Å². The third-order valence-corrected chi connectivity index (χ3v) is 2.87. The highest BCUT2D eigenvalue weighted by molar-refractivity contribution is 7.81. The lowest BCUT2D eigenvalue weighted by Gasteiger charge is -2.30. The fraction of sp³-hybridized carbons (Fsp3) is 0.857. The van der Waals surface area contributed by atoms with Gasteiger partial charge in [-0.2, -0.15) is 12.6 Å².